The van der Waals surface area contributed by atoms with E-state index in [1.165, 1.54) is 0 Å². The molecule has 0 atom stereocenters. The molecule has 0 unspecified atom stereocenters. The van der Waals surface area contributed by atoms with E-state index in [0.29, 0.717) is 0 Å². The van der Waals surface area contributed by atoms with E-state index in [-0.39, 0.29) is 0 Å². The third-order valence-corrected chi connectivity index (χ3v) is 2.74. The zero-order chi connectivity index (χ0) is 11.8. The highest BCUT2D eigenvalue weighted by atomic mass is 16.5. The third kappa shape index (κ3) is 1.76. The highest BCUT2D eigenvalue weighted by Crippen LogP contribution is 2.35. The summed E-state index contributed by atoms with van der Waals surface area (Å²) in [5, 5.41) is 12.2. The summed E-state index contributed by atoms with van der Waals surface area (Å²) in [6.45, 7) is 3.53. The number of methoxy groups -OCH3 is 1. The van der Waals surface area contributed by atoms with E-state index < -0.39 is 5.60 Å². The smallest absolute Gasteiger partial charge is 0.132 e. The van der Waals surface area contributed by atoms with Crippen molar-refractivity contribution in [2.24, 2.45) is 0 Å². The van der Waals surface area contributed by atoms with Crippen LogP contribution in [0.15, 0.2) is 36.4 Å². The van der Waals surface area contributed by atoms with Crippen molar-refractivity contribution in [1.82, 2.24) is 0 Å². The quantitative estimate of drug-likeness (QED) is 0.836. The van der Waals surface area contributed by atoms with Gasteiger partial charge in [-0.2, -0.15) is 0 Å². The summed E-state index contributed by atoms with van der Waals surface area (Å²) in [5.41, 5.74) is -0.0799. The molecule has 2 aromatic rings. The molecular weight excluding hydrogens is 200 g/mol. The Balaban J connectivity index is 2.78. The van der Waals surface area contributed by atoms with Crippen molar-refractivity contribution in [2.75, 3.05) is 7.11 Å². The number of rotatable bonds is 2. The molecule has 0 saturated heterocycles. The van der Waals surface area contributed by atoms with Gasteiger partial charge in [-0.3, -0.25) is 0 Å². The van der Waals surface area contributed by atoms with Crippen LogP contribution in [0.3, 0.4) is 0 Å². The van der Waals surface area contributed by atoms with Gasteiger partial charge in [-0.05, 0) is 19.2 Å². The molecule has 1 N–H and O–H groups in total. The van der Waals surface area contributed by atoms with E-state index >= 15 is 0 Å². The maximum Gasteiger partial charge on any atom is 0.132 e. The molecular formula is C14H16O2. The number of ether oxygens (including phenoxy) is 1. The Kier molecular flexibility index (Phi) is 2.60. The topological polar surface area (TPSA) is 29.5 Å². The molecule has 0 aliphatic rings. The fourth-order valence-electron chi connectivity index (χ4n) is 1.94. The number of benzene rings is 2. The second-order valence-corrected chi connectivity index (χ2v) is 4.43. The van der Waals surface area contributed by atoms with Crippen LogP contribution in [0, 0.1) is 0 Å². The van der Waals surface area contributed by atoms with Gasteiger partial charge in [0.15, 0.2) is 0 Å². The maximum atomic E-state index is 10.1. The number of fused-ring (bicyclic) bond motifs is 1. The Labute approximate surface area is 95.5 Å². The predicted molar refractivity (Wildman–Crippen MR) is 65.7 cm³/mol. The summed E-state index contributed by atoms with van der Waals surface area (Å²) in [6.07, 6.45) is 0. The first-order valence-corrected chi connectivity index (χ1v) is 5.32. The minimum Gasteiger partial charge on any atom is -0.496 e. The SMILES string of the molecule is COc1c(C(C)(C)O)ccc2ccccc12. The van der Waals surface area contributed by atoms with Crippen molar-refractivity contribution in [1.29, 1.82) is 0 Å². The summed E-state index contributed by atoms with van der Waals surface area (Å²) in [5.74, 6) is 0.755. The lowest BCUT2D eigenvalue weighted by molar-refractivity contribution is 0.0759. The average molecular weight is 216 g/mol. The normalized spacial score (nSPS) is 11.8. The molecule has 0 saturated carbocycles. The molecule has 2 aromatic carbocycles. The zero-order valence-corrected chi connectivity index (χ0v) is 9.82. The van der Waals surface area contributed by atoms with Gasteiger partial charge in [-0.25, -0.2) is 0 Å². The first-order valence-electron chi connectivity index (χ1n) is 5.32. The molecule has 0 bridgehead atoms. The van der Waals surface area contributed by atoms with Crippen molar-refractivity contribution in [2.45, 2.75) is 19.4 Å². The largest absolute Gasteiger partial charge is 0.496 e. The van der Waals surface area contributed by atoms with Gasteiger partial charge in [0, 0.05) is 10.9 Å². The van der Waals surface area contributed by atoms with Gasteiger partial charge in [0.1, 0.15) is 5.75 Å². The van der Waals surface area contributed by atoms with Gasteiger partial charge in [0.2, 0.25) is 0 Å². The average Bonchev–Trinajstić information content (AvgIpc) is 2.26. The molecule has 2 rings (SSSR count). The summed E-state index contributed by atoms with van der Waals surface area (Å²) in [6, 6.07) is 11.9. The zero-order valence-electron chi connectivity index (χ0n) is 9.82. The van der Waals surface area contributed by atoms with Crippen LogP contribution < -0.4 is 4.74 Å². The molecule has 0 aliphatic carbocycles. The first-order chi connectivity index (χ1) is 7.54. The second-order valence-electron chi connectivity index (χ2n) is 4.43. The van der Waals surface area contributed by atoms with E-state index in [0.717, 1.165) is 22.1 Å². The Morgan fingerprint density at radius 1 is 1.06 bits per heavy atom. The molecule has 16 heavy (non-hydrogen) atoms. The Morgan fingerprint density at radius 2 is 1.75 bits per heavy atom. The third-order valence-electron chi connectivity index (χ3n) is 2.74. The van der Waals surface area contributed by atoms with E-state index in [2.05, 4.69) is 0 Å². The van der Waals surface area contributed by atoms with Gasteiger partial charge in [-0.1, -0.05) is 36.4 Å². The van der Waals surface area contributed by atoms with Crippen molar-refractivity contribution in [3.63, 3.8) is 0 Å². The summed E-state index contributed by atoms with van der Waals surface area (Å²) in [4.78, 5) is 0. The van der Waals surface area contributed by atoms with Crippen molar-refractivity contribution in [3.8, 4) is 5.75 Å². The molecule has 0 spiro atoms. The lowest BCUT2D eigenvalue weighted by atomic mass is 9.94. The maximum absolute atomic E-state index is 10.1. The van der Waals surface area contributed by atoms with E-state index in [9.17, 15) is 5.11 Å². The standard InChI is InChI=1S/C14H16O2/c1-14(2,15)12-9-8-10-6-4-5-7-11(10)13(12)16-3/h4-9,15H,1-3H3. The molecule has 0 aromatic heterocycles. The van der Waals surface area contributed by atoms with Crippen LogP contribution in [0.2, 0.25) is 0 Å². The summed E-state index contributed by atoms with van der Waals surface area (Å²) < 4.78 is 5.43. The molecule has 2 nitrogen and oxygen atoms in total. The van der Waals surface area contributed by atoms with Gasteiger partial charge in [0.05, 0.1) is 12.7 Å². The van der Waals surface area contributed by atoms with Crippen LogP contribution in [0.4, 0.5) is 0 Å². The van der Waals surface area contributed by atoms with E-state index in [1.807, 2.05) is 36.4 Å². The Hall–Kier alpha value is -1.54. The van der Waals surface area contributed by atoms with E-state index in [4.69, 9.17) is 4.74 Å². The molecule has 0 fully saturated rings. The van der Waals surface area contributed by atoms with Crippen molar-refractivity contribution >= 4 is 10.8 Å². The van der Waals surface area contributed by atoms with Crippen molar-refractivity contribution in [3.05, 3.63) is 42.0 Å². The summed E-state index contributed by atoms with van der Waals surface area (Å²) in [7, 11) is 1.64. The fourth-order valence-corrected chi connectivity index (χ4v) is 1.94. The molecule has 2 heteroatoms. The van der Waals surface area contributed by atoms with Gasteiger partial charge in [0.25, 0.3) is 0 Å². The lowest BCUT2D eigenvalue weighted by Crippen LogP contribution is -2.16. The highest BCUT2D eigenvalue weighted by Gasteiger charge is 2.22. The molecule has 0 aliphatic heterocycles. The molecule has 0 radical (unpaired) electrons. The van der Waals surface area contributed by atoms with Gasteiger partial charge < -0.3 is 9.84 Å². The highest BCUT2D eigenvalue weighted by molar-refractivity contribution is 5.89. The molecule has 0 heterocycles. The Bertz CT molecular complexity index is 510. The predicted octanol–water partition coefficient (Wildman–Crippen LogP) is 3.08. The lowest BCUT2D eigenvalue weighted by Gasteiger charge is -2.22. The number of hydrogen-bond donors (Lipinski definition) is 1. The van der Waals surface area contributed by atoms with Crippen LogP contribution in [0.5, 0.6) is 5.75 Å². The van der Waals surface area contributed by atoms with Gasteiger partial charge in [-0.15, -0.1) is 0 Å². The molecule has 84 valence electrons. The van der Waals surface area contributed by atoms with Crippen LogP contribution in [-0.2, 0) is 5.60 Å². The number of aliphatic hydroxyl groups is 1. The van der Waals surface area contributed by atoms with Gasteiger partial charge >= 0.3 is 0 Å². The van der Waals surface area contributed by atoms with Crippen LogP contribution in [0.25, 0.3) is 10.8 Å². The Morgan fingerprint density at radius 3 is 2.38 bits per heavy atom. The fraction of sp³-hybridized carbons (Fsp3) is 0.286. The molecule has 0 amide bonds. The summed E-state index contributed by atoms with van der Waals surface area (Å²) >= 11 is 0. The second kappa shape index (κ2) is 3.80. The van der Waals surface area contributed by atoms with Crippen LogP contribution >= 0.6 is 0 Å². The van der Waals surface area contributed by atoms with Crippen LogP contribution in [-0.4, -0.2) is 12.2 Å². The van der Waals surface area contributed by atoms with Crippen molar-refractivity contribution < 1.29 is 9.84 Å². The number of hydrogen-bond acceptors (Lipinski definition) is 2. The minimum atomic E-state index is -0.893. The van der Waals surface area contributed by atoms with Crippen LogP contribution in [0.1, 0.15) is 19.4 Å². The minimum absolute atomic E-state index is 0.755. The van der Waals surface area contributed by atoms with E-state index in [1.54, 1.807) is 21.0 Å². The first kappa shape index (κ1) is 11.0. The monoisotopic (exact) mass is 216 g/mol.